The van der Waals surface area contributed by atoms with E-state index in [1.165, 1.54) is 12.8 Å². The standard InChI is InChI=1S/C21H28N4O2/c1-15-22-18-8-7-16(13-19(18)23-15)14-20(26)24-9-4-10-25(12-11-24)21(27)17-5-2-3-6-17/h7-8,13,17H,2-6,9-12,14H2,1H3,(H,22,23). The number of H-pyrrole nitrogens is 1. The predicted molar refractivity (Wildman–Crippen MR) is 104 cm³/mol. The molecule has 2 heterocycles. The summed E-state index contributed by atoms with van der Waals surface area (Å²) in [6.45, 7) is 4.75. The third-order valence-electron chi connectivity index (χ3n) is 5.88. The van der Waals surface area contributed by atoms with Crippen LogP contribution in [0.2, 0.25) is 0 Å². The molecule has 4 rings (SSSR count). The number of amides is 2. The second-order valence-electron chi connectivity index (χ2n) is 7.89. The van der Waals surface area contributed by atoms with Crippen molar-refractivity contribution < 1.29 is 9.59 Å². The summed E-state index contributed by atoms with van der Waals surface area (Å²) >= 11 is 0. The normalized spacial score (nSPS) is 18.9. The molecule has 6 nitrogen and oxygen atoms in total. The molecule has 2 aromatic rings. The molecule has 0 bridgehead atoms. The molecule has 2 amide bonds. The Morgan fingerprint density at radius 1 is 1.07 bits per heavy atom. The number of aromatic nitrogens is 2. The highest BCUT2D eigenvalue weighted by Gasteiger charge is 2.29. The Kier molecular flexibility index (Phi) is 5.14. The molecule has 27 heavy (non-hydrogen) atoms. The summed E-state index contributed by atoms with van der Waals surface area (Å²) in [4.78, 5) is 37.0. The lowest BCUT2D eigenvalue weighted by Crippen LogP contribution is -2.39. The van der Waals surface area contributed by atoms with Gasteiger partial charge in [-0.3, -0.25) is 9.59 Å². The number of hydrogen-bond acceptors (Lipinski definition) is 3. The average Bonchev–Trinajstić information content (AvgIpc) is 3.23. The summed E-state index contributed by atoms with van der Waals surface area (Å²) < 4.78 is 0. The van der Waals surface area contributed by atoms with Crippen molar-refractivity contribution in [1.29, 1.82) is 0 Å². The molecule has 0 spiro atoms. The molecule has 144 valence electrons. The highest BCUT2D eigenvalue weighted by atomic mass is 16.2. The van der Waals surface area contributed by atoms with Crippen molar-refractivity contribution in [2.45, 2.75) is 45.4 Å². The lowest BCUT2D eigenvalue weighted by molar-refractivity contribution is -0.136. The summed E-state index contributed by atoms with van der Waals surface area (Å²) in [6, 6.07) is 5.96. The van der Waals surface area contributed by atoms with E-state index in [1.54, 1.807) is 0 Å². The molecule has 1 aliphatic carbocycles. The minimum atomic E-state index is 0.140. The molecule has 1 saturated heterocycles. The van der Waals surface area contributed by atoms with Crippen molar-refractivity contribution in [3.8, 4) is 0 Å². The van der Waals surface area contributed by atoms with E-state index in [-0.39, 0.29) is 11.8 Å². The van der Waals surface area contributed by atoms with Crippen molar-refractivity contribution >= 4 is 22.8 Å². The monoisotopic (exact) mass is 368 g/mol. The van der Waals surface area contributed by atoms with Crippen molar-refractivity contribution in [3.63, 3.8) is 0 Å². The molecular weight excluding hydrogens is 340 g/mol. The number of nitrogens with zero attached hydrogens (tertiary/aromatic N) is 3. The van der Waals surface area contributed by atoms with Gasteiger partial charge in [0.1, 0.15) is 5.82 Å². The summed E-state index contributed by atoms with van der Waals surface area (Å²) in [7, 11) is 0. The van der Waals surface area contributed by atoms with Crippen LogP contribution in [0.15, 0.2) is 18.2 Å². The fourth-order valence-corrected chi connectivity index (χ4v) is 4.40. The minimum Gasteiger partial charge on any atom is -0.342 e. The van der Waals surface area contributed by atoms with Crippen LogP contribution in [0.1, 0.15) is 43.5 Å². The van der Waals surface area contributed by atoms with Crippen LogP contribution in [-0.4, -0.2) is 57.8 Å². The number of hydrogen-bond donors (Lipinski definition) is 1. The Bertz CT molecular complexity index is 838. The van der Waals surface area contributed by atoms with E-state index in [2.05, 4.69) is 9.97 Å². The topological polar surface area (TPSA) is 69.3 Å². The van der Waals surface area contributed by atoms with Crippen LogP contribution in [0.3, 0.4) is 0 Å². The first-order valence-corrected chi connectivity index (χ1v) is 10.1. The zero-order valence-corrected chi connectivity index (χ0v) is 16.0. The number of carbonyl (C=O) groups excluding carboxylic acids is 2. The van der Waals surface area contributed by atoms with Crippen molar-refractivity contribution in [1.82, 2.24) is 19.8 Å². The van der Waals surface area contributed by atoms with Gasteiger partial charge in [-0.25, -0.2) is 4.98 Å². The SMILES string of the molecule is Cc1nc2ccc(CC(=O)N3CCCN(C(=O)C4CCCC4)CC3)cc2[nH]1. The van der Waals surface area contributed by atoms with E-state index in [0.717, 1.165) is 54.8 Å². The van der Waals surface area contributed by atoms with Crippen LogP contribution in [0.25, 0.3) is 11.0 Å². The molecule has 6 heteroatoms. The number of aromatic amines is 1. The Hall–Kier alpha value is -2.37. The smallest absolute Gasteiger partial charge is 0.227 e. The zero-order chi connectivity index (χ0) is 18.8. The van der Waals surface area contributed by atoms with Crippen molar-refractivity contribution in [2.24, 2.45) is 5.92 Å². The first-order chi connectivity index (χ1) is 13.1. The number of imidazole rings is 1. The lowest BCUT2D eigenvalue weighted by Gasteiger charge is -2.24. The number of fused-ring (bicyclic) bond motifs is 1. The molecule has 0 atom stereocenters. The zero-order valence-electron chi connectivity index (χ0n) is 16.0. The fraction of sp³-hybridized carbons (Fsp3) is 0.571. The van der Waals surface area contributed by atoms with E-state index < -0.39 is 0 Å². The molecule has 1 N–H and O–H groups in total. The van der Waals surface area contributed by atoms with Crippen LogP contribution in [0, 0.1) is 12.8 Å². The fourth-order valence-electron chi connectivity index (χ4n) is 4.40. The van der Waals surface area contributed by atoms with Gasteiger partial charge in [0, 0.05) is 32.1 Å². The maximum Gasteiger partial charge on any atom is 0.227 e. The highest BCUT2D eigenvalue weighted by Crippen LogP contribution is 2.27. The third-order valence-corrected chi connectivity index (χ3v) is 5.88. The maximum atomic E-state index is 12.8. The number of rotatable bonds is 3. The number of nitrogens with one attached hydrogen (secondary N) is 1. The first-order valence-electron chi connectivity index (χ1n) is 10.1. The molecule has 1 aromatic heterocycles. The van der Waals surface area contributed by atoms with Gasteiger partial charge in [-0.05, 0) is 43.9 Å². The van der Waals surface area contributed by atoms with Crippen LogP contribution < -0.4 is 0 Å². The van der Waals surface area contributed by atoms with Gasteiger partial charge in [-0.2, -0.15) is 0 Å². The Labute approximate surface area is 159 Å². The summed E-state index contributed by atoms with van der Waals surface area (Å²) in [6.07, 6.45) is 5.68. The maximum absolute atomic E-state index is 12.8. The van der Waals surface area contributed by atoms with Gasteiger partial charge < -0.3 is 14.8 Å². The second kappa shape index (κ2) is 7.71. The summed E-state index contributed by atoms with van der Waals surface area (Å²) in [5.41, 5.74) is 2.90. The van der Waals surface area contributed by atoms with E-state index in [9.17, 15) is 9.59 Å². The molecule has 2 fully saturated rings. The van der Waals surface area contributed by atoms with Gasteiger partial charge in [-0.1, -0.05) is 18.9 Å². The minimum absolute atomic E-state index is 0.140. The summed E-state index contributed by atoms with van der Waals surface area (Å²) in [5, 5.41) is 0. The Morgan fingerprint density at radius 2 is 1.81 bits per heavy atom. The van der Waals surface area contributed by atoms with Crippen molar-refractivity contribution in [2.75, 3.05) is 26.2 Å². The van der Waals surface area contributed by atoms with E-state index in [4.69, 9.17) is 0 Å². The summed E-state index contributed by atoms with van der Waals surface area (Å²) in [5.74, 6) is 1.55. The van der Waals surface area contributed by atoms with E-state index in [0.29, 0.717) is 25.4 Å². The second-order valence-corrected chi connectivity index (χ2v) is 7.89. The van der Waals surface area contributed by atoms with Crippen LogP contribution >= 0.6 is 0 Å². The van der Waals surface area contributed by atoms with Gasteiger partial charge >= 0.3 is 0 Å². The molecule has 0 radical (unpaired) electrons. The van der Waals surface area contributed by atoms with Crippen LogP contribution in [-0.2, 0) is 16.0 Å². The van der Waals surface area contributed by atoms with E-state index >= 15 is 0 Å². The number of aryl methyl sites for hydroxylation is 1. The average molecular weight is 368 g/mol. The number of carbonyl (C=O) groups is 2. The molecule has 2 aliphatic rings. The van der Waals surface area contributed by atoms with Gasteiger partial charge in [0.25, 0.3) is 0 Å². The van der Waals surface area contributed by atoms with Gasteiger partial charge in [0.2, 0.25) is 11.8 Å². The van der Waals surface area contributed by atoms with Gasteiger partial charge in [0.05, 0.1) is 17.5 Å². The highest BCUT2D eigenvalue weighted by molar-refractivity contribution is 5.82. The molecule has 1 aromatic carbocycles. The third kappa shape index (κ3) is 3.99. The lowest BCUT2D eigenvalue weighted by atomic mass is 10.1. The first kappa shape index (κ1) is 18.0. The van der Waals surface area contributed by atoms with E-state index in [1.807, 2.05) is 34.9 Å². The van der Waals surface area contributed by atoms with Crippen LogP contribution in [0.4, 0.5) is 0 Å². The number of benzene rings is 1. The largest absolute Gasteiger partial charge is 0.342 e. The van der Waals surface area contributed by atoms with Gasteiger partial charge in [-0.15, -0.1) is 0 Å². The Balaban J connectivity index is 1.36. The van der Waals surface area contributed by atoms with Crippen LogP contribution in [0.5, 0.6) is 0 Å². The van der Waals surface area contributed by atoms with Crippen molar-refractivity contribution in [3.05, 3.63) is 29.6 Å². The molecule has 0 unspecified atom stereocenters. The Morgan fingerprint density at radius 3 is 2.63 bits per heavy atom. The molecule has 1 aliphatic heterocycles. The predicted octanol–water partition coefficient (Wildman–Crippen LogP) is 2.66. The van der Waals surface area contributed by atoms with Gasteiger partial charge in [0.15, 0.2) is 0 Å². The molecular formula is C21H28N4O2. The molecule has 1 saturated carbocycles. The quantitative estimate of drug-likeness (QED) is 0.906.